The summed E-state index contributed by atoms with van der Waals surface area (Å²) in [5.74, 6) is -4.86. The van der Waals surface area contributed by atoms with Crippen molar-refractivity contribution in [3.63, 3.8) is 0 Å². The fourth-order valence-electron chi connectivity index (χ4n) is 11.4. The molecule has 9 rings (SSSR count). The van der Waals surface area contributed by atoms with E-state index in [1.165, 1.54) is 44.6 Å². The number of nitrogens with zero attached hydrogens (tertiary/aromatic N) is 4. The van der Waals surface area contributed by atoms with E-state index in [2.05, 4.69) is 41.9 Å². The number of rotatable bonds is 25. The molecule has 5 heterocycles. The number of aromatic nitrogens is 2. The Labute approximate surface area is 553 Å². The lowest BCUT2D eigenvalue weighted by Gasteiger charge is -2.36. The number of halogens is 3. The van der Waals surface area contributed by atoms with Crippen molar-refractivity contribution in [2.24, 2.45) is 10.8 Å². The van der Waals surface area contributed by atoms with E-state index in [1.54, 1.807) is 65.4 Å². The lowest BCUT2D eigenvalue weighted by Crippen LogP contribution is -2.59. The molecule has 3 fully saturated rings. The zero-order valence-corrected chi connectivity index (χ0v) is 56.3. The van der Waals surface area contributed by atoms with Crippen LogP contribution >= 0.6 is 41.6 Å². The van der Waals surface area contributed by atoms with Gasteiger partial charge in [-0.25, -0.2) is 14.4 Å². The van der Waals surface area contributed by atoms with Crippen LogP contribution in [0.2, 0.25) is 0 Å². The molecule has 0 spiro atoms. The first-order valence-corrected chi connectivity index (χ1v) is 35.1. The Hall–Kier alpha value is -7.46. The predicted molar refractivity (Wildman–Crippen MR) is 351 cm³/mol. The normalized spacial score (nSPS) is 19.0. The molecule has 3 aliphatic rings. The number of amides is 8. The molecule has 29 heteroatoms. The van der Waals surface area contributed by atoms with Gasteiger partial charge in [0.1, 0.15) is 24.2 Å². The molecule has 6 aromatic rings. The fourth-order valence-corrected chi connectivity index (χ4v) is 14.5. The van der Waals surface area contributed by atoms with Crippen molar-refractivity contribution in [2.75, 3.05) is 25.0 Å². The van der Waals surface area contributed by atoms with Gasteiger partial charge in [-0.1, -0.05) is 126 Å². The highest BCUT2D eigenvalue weighted by Crippen LogP contribution is 2.59. The summed E-state index contributed by atoms with van der Waals surface area (Å²) < 4.78 is 56.2. The van der Waals surface area contributed by atoms with Crippen molar-refractivity contribution >= 4 is 104 Å². The summed E-state index contributed by atoms with van der Waals surface area (Å²) in [7, 11) is -5.89. The van der Waals surface area contributed by atoms with E-state index in [0.29, 0.717) is 35.9 Å². The van der Waals surface area contributed by atoms with E-state index in [4.69, 9.17) is 0 Å². The Bertz CT molecular complexity index is 3850. The second kappa shape index (κ2) is 28.9. The van der Waals surface area contributed by atoms with Crippen LogP contribution in [0.15, 0.2) is 90.6 Å². The van der Waals surface area contributed by atoms with Gasteiger partial charge in [-0.3, -0.25) is 42.9 Å². The Morgan fingerprint density at radius 1 is 0.745 bits per heavy atom. The molecule has 9 N–H and O–H groups in total. The first-order chi connectivity index (χ1) is 44.2. The Morgan fingerprint density at radius 2 is 1.39 bits per heavy atom. The molecule has 3 aromatic heterocycles. The maximum absolute atomic E-state index is 14.9. The largest absolute Gasteiger partial charge is 0.399 e. The lowest BCUT2D eigenvalue weighted by molar-refractivity contribution is -0.145. The van der Waals surface area contributed by atoms with Gasteiger partial charge in [0, 0.05) is 55.0 Å². The van der Waals surface area contributed by atoms with Gasteiger partial charge in [-0.15, -0.1) is 22.7 Å². The average molecular weight is 1380 g/mol. The van der Waals surface area contributed by atoms with Crippen molar-refractivity contribution in [3.8, 4) is 20.9 Å². The Morgan fingerprint density at radius 3 is 2.03 bits per heavy atom. The molecule has 3 aromatic carbocycles. The van der Waals surface area contributed by atoms with E-state index >= 15 is 0 Å². The first-order valence-electron chi connectivity index (χ1n) is 31.0. The number of alkyl halides is 3. The summed E-state index contributed by atoms with van der Waals surface area (Å²) in [5, 5.41) is 28.3. The zero-order chi connectivity index (χ0) is 68.2. The number of carbonyl (C=O) groups is 8. The lowest BCUT2D eigenvalue weighted by atomic mass is 9.85. The predicted octanol–water partition coefficient (Wildman–Crippen LogP) is 8.86. The van der Waals surface area contributed by atoms with Crippen molar-refractivity contribution in [3.05, 3.63) is 112 Å². The fraction of sp³-hybridized carbons (Fsp3) is 0.477. The SMILES string of the molecule is Cc1ncsc1-c1ccc([C@H](CC(=O)NCCCCCCC(=O)N[C@@H]2C[C@@H](C(=O)Nc3ncc(-c4ccccc4)s3)N(C(=O)[C@@H](NC(=O)c3cc4cc(C(F)(F)P(=O)(O)O)ccc4s3)C(C)(C)C)C2)NC(=O)[C@@H]2C[C@@H](O)CN2C(=O)[C@@H](NC(=O)C2(F)CC2)C(C)(C)C)cc1. The maximum atomic E-state index is 14.9. The van der Waals surface area contributed by atoms with Crippen LogP contribution in [-0.2, 0) is 43.8 Å². The van der Waals surface area contributed by atoms with Crippen molar-refractivity contribution in [2.45, 2.75) is 166 Å². The molecule has 1 saturated carbocycles. The molecule has 504 valence electrons. The Kier molecular flexibility index (Phi) is 21.8. The van der Waals surface area contributed by atoms with Crippen molar-refractivity contribution in [1.82, 2.24) is 46.4 Å². The summed E-state index contributed by atoms with van der Waals surface area (Å²) in [5.41, 5.74) is -4.43. The van der Waals surface area contributed by atoms with E-state index in [0.717, 1.165) is 50.0 Å². The van der Waals surface area contributed by atoms with Gasteiger partial charge in [0.2, 0.25) is 35.4 Å². The third-order valence-electron chi connectivity index (χ3n) is 16.9. The van der Waals surface area contributed by atoms with Crippen molar-refractivity contribution < 1.29 is 71.0 Å². The average Bonchev–Trinajstić information content (AvgIpc) is 1.50. The topological polar surface area (TPSA) is 319 Å². The smallest absolute Gasteiger partial charge is 0.391 e. The van der Waals surface area contributed by atoms with Crippen LogP contribution in [0.25, 0.3) is 31.0 Å². The molecule has 94 heavy (non-hydrogen) atoms. The van der Waals surface area contributed by atoms with Crippen LogP contribution in [0.1, 0.15) is 138 Å². The summed E-state index contributed by atoms with van der Waals surface area (Å²) >= 11 is 3.61. The quantitative estimate of drug-likeness (QED) is 0.0191. The number of nitrogens with one attached hydrogen (secondary N) is 6. The molecular formula is C65H78F3N10O12PS3. The highest BCUT2D eigenvalue weighted by atomic mass is 32.1. The number of anilines is 1. The molecule has 2 saturated heterocycles. The second-order valence-corrected chi connectivity index (χ2v) is 31.0. The highest BCUT2D eigenvalue weighted by Gasteiger charge is 2.54. The van der Waals surface area contributed by atoms with Gasteiger partial charge in [0.25, 0.3) is 11.8 Å². The number of aryl methyl sites for hydroxylation is 1. The Balaban J connectivity index is 0.804. The molecule has 1 aliphatic carbocycles. The van der Waals surface area contributed by atoms with Crippen molar-refractivity contribution in [1.29, 1.82) is 0 Å². The first kappa shape index (κ1) is 70.8. The molecule has 0 unspecified atom stereocenters. The number of aliphatic hydroxyl groups excluding tert-OH is 1. The number of carbonyl (C=O) groups excluding carboxylic acids is 8. The highest BCUT2D eigenvalue weighted by molar-refractivity contribution is 7.52. The number of unbranched alkanes of at least 4 members (excludes halogenated alkanes) is 3. The second-order valence-electron chi connectivity index (χ2n) is 26.4. The third kappa shape index (κ3) is 17.0. The third-order valence-corrected chi connectivity index (χ3v) is 21.0. The number of benzene rings is 3. The summed E-state index contributed by atoms with van der Waals surface area (Å²) in [6.45, 7) is 12.1. The zero-order valence-electron chi connectivity index (χ0n) is 53.0. The summed E-state index contributed by atoms with van der Waals surface area (Å²) in [6, 6.07) is 14.6. The van der Waals surface area contributed by atoms with E-state index in [1.807, 2.05) is 49.4 Å². The van der Waals surface area contributed by atoms with Crippen LogP contribution in [-0.4, -0.2) is 144 Å². The maximum Gasteiger partial charge on any atom is 0.399 e. The van der Waals surface area contributed by atoms with Gasteiger partial charge in [-0.2, -0.15) is 8.78 Å². The van der Waals surface area contributed by atoms with Crippen LogP contribution in [0.4, 0.5) is 18.3 Å². The number of β-amino-alcohol motifs (C(OH)–C–C–N with tert-alkyl or cyclic N) is 1. The monoisotopic (exact) mass is 1370 g/mol. The molecule has 0 radical (unpaired) electrons. The molecular weight excluding hydrogens is 1300 g/mol. The number of likely N-dealkylation sites (tertiary alicyclic amines) is 2. The van der Waals surface area contributed by atoms with Gasteiger partial charge < -0.3 is 56.6 Å². The van der Waals surface area contributed by atoms with Crippen LogP contribution in [0.3, 0.4) is 0 Å². The summed E-state index contributed by atoms with van der Waals surface area (Å²) in [4.78, 5) is 144. The number of hydrogen-bond acceptors (Lipinski definition) is 15. The molecule has 8 amide bonds. The van der Waals surface area contributed by atoms with Crippen LogP contribution in [0, 0.1) is 17.8 Å². The van der Waals surface area contributed by atoms with Gasteiger partial charge in [-0.05, 0) is 90.1 Å². The number of fused-ring (bicyclic) bond motifs is 1. The molecule has 22 nitrogen and oxygen atoms in total. The van der Waals surface area contributed by atoms with Crippen LogP contribution in [0.5, 0.6) is 0 Å². The molecule has 2 aliphatic heterocycles. The minimum atomic E-state index is -5.89. The van der Waals surface area contributed by atoms with Gasteiger partial charge >= 0.3 is 13.3 Å². The van der Waals surface area contributed by atoms with E-state index in [9.17, 15) is 71.0 Å². The standard InChI is InChI=1S/C65H78F3N10O12PS3/c1-36-52(92-35-71-36)39-20-18-37(19-21-39)44(73-55(82)46-30-43(79)34-78(46)59(86)54(63(5,6)7)75-60(87)64(66)24-25-64)31-51(81)69-26-14-9-8-13-17-50(80)72-42-29-45(56(83)76-61-70-32-49(94-61)38-15-11-10-12-16-38)77(33-42)58(85)53(62(2,3)4)74-57(84)48-28-40-27-41(22-23-47(40)93-48)65(67,68)91(88,89)90/h10-12,15-16,18-23,27-28,32,35,42-46,53-54,79H,8-9,13-14,17,24-26,29-31,33-34H2,1-7H3,(H,69,81)(H,72,80)(H,73,82)(H,74,84)(H,75,87)(H,70,76,83)(H2,88,89,90)/t42-,43-,44+,45+,46+,53-,54-/m1/s1. The number of aliphatic hydroxyl groups is 1. The molecule has 7 atom stereocenters. The van der Waals surface area contributed by atoms with Gasteiger partial charge in [0.05, 0.1) is 44.4 Å². The van der Waals surface area contributed by atoms with Crippen LogP contribution < -0.4 is 31.9 Å². The molecule has 0 bridgehead atoms. The number of thiazole rings is 2. The minimum Gasteiger partial charge on any atom is -0.391 e. The van der Waals surface area contributed by atoms with Gasteiger partial charge in [0.15, 0.2) is 10.8 Å². The minimum absolute atomic E-state index is 0.00865. The van der Waals surface area contributed by atoms with E-state index in [-0.39, 0.29) is 85.4 Å². The number of thiophene rings is 1. The number of hydrogen-bond donors (Lipinski definition) is 9. The van der Waals surface area contributed by atoms with E-state index < -0.39 is 113 Å². The summed E-state index contributed by atoms with van der Waals surface area (Å²) in [6.07, 6.45) is 2.62.